The zero-order valence-corrected chi connectivity index (χ0v) is 6.35. The third kappa shape index (κ3) is 29.9. The first-order chi connectivity index (χ1) is 2.00. The fourth-order valence-corrected chi connectivity index (χ4v) is 0. The van der Waals surface area contributed by atoms with E-state index in [4.69, 9.17) is 9.79 Å². The molecule has 0 bridgehead atoms. The second-order valence-corrected chi connectivity index (χ2v) is 7.24. The van der Waals surface area contributed by atoms with Crippen LogP contribution in [0.2, 0.25) is 0 Å². The van der Waals surface area contributed by atoms with Gasteiger partial charge in [-0.1, -0.05) is 0 Å². The molecule has 5 heteroatoms. The molecule has 0 fully saturated rings. The Kier molecular flexibility index (Phi) is 2.57. The Morgan fingerprint density at radius 2 is 1.60 bits per heavy atom. The van der Waals surface area contributed by atoms with Gasteiger partial charge in [-0.05, 0) is 0 Å². The Hall–Kier alpha value is 1.50. The van der Waals surface area contributed by atoms with Crippen LogP contribution in [0.4, 0.5) is 0 Å². The van der Waals surface area contributed by atoms with Crippen LogP contribution in [0.25, 0.3) is 0 Å². The third-order valence-electron chi connectivity index (χ3n) is 0. The molecule has 0 atom stereocenters. The quantitative estimate of drug-likeness (QED) is 0.553. The van der Waals surface area contributed by atoms with Crippen LogP contribution in [0.1, 0.15) is 0 Å². The molecule has 0 aromatic carbocycles. The van der Waals surface area contributed by atoms with E-state index in [1.54, 1.807) is 0 Å². The van der Waals surface area contributed by atoms with Gasteiger partial charge in [0.25, 0.3) is 0 Å². The van der Waals surface area contributed by atoms with Crippen molar-refractivity contribution in [2.75, 3.05) is 0 Å². The van der Waals surface area contributed by atoms with Crippen molar-refractivity contribution in [1.29, 1.82) is 0 Å². The van der Waals surface area contributed by atoms with Crippen LogP contribution in [0.3, 0.4) is 0 Å². The van der Waals surface area contributed by atoms with Crippen LogP contribution in [-0.2, 0) is 4.57 Å². The molecule has 0 amide bonds. The molecule has 3 nitrogen and oxygen atoms in total. The molecular weight excluding hydrogens is 223 g/mol. The molecule has 0 aliphatic heterocycles. The average Bonchev–Trinajstić information content (AvgIpc) is 0.722. The second kappa shape index (κ2) is 1.98. The number of hydrogen-bond acceptors (Lipinski definition) is 1. The van der Waals surface area contributed by atoms with Crippen molar-refractivity contribution in [3.8, 4) is 0 Å². The van der Waals surface area contributed by atoms with Crippen LogP contribution < -0.4 is 0 Å². The van der Waals surface area contributed by atoms with Gasteiger partial charge < -0.3 is 0 Å². The summed E-state index contributed by atoms with van der Waals surface area (Å²) in [5.41, 5.74) is 0. The molecule has 0 heterocycles. The molecule has 0 radical (unpaired) electrons. The standard InChI is InChI=1S/Nd.HO3P/c;1-4(2)3/h;(H-,1,2,3)/q-1;/p+1. The van der Waals surface area contributed by atoms with Crippen molar-refractivity contribution in [3.05, 3.63) is 0 Å². The summed E-state index contributed by atoms with van der Waals surface area (Å²) in [6.45, 7) is 0. The zero-order valence-electron chi connectivity index (χ0n) is 2.25. The summed E-state index contributed by atoms with van der Waals surface area (Å²) >= 11 is -0.0255. The Balaban J connectivity index is 3.47. The van der Waals surface area contributed by atoms with E-state index in [-0.39, 0.29) is 38.0 Å². The van der Waals surface area contributed by atoms with Gasteiger partial charge in [0.15, 0.2) is 0 Å². The van der Waals surface area contributed by atoms with Gasteiger partial charge in [-0.25, -0.2) is 0 Å². The zero-order chi connectivity index (χ0) is 4.50. The van der Waals surface area contributed by atoms with E-state index >= 15 is 0 Å². The van der Waals surface area contributed by atoms with E-state index in [0.29, 0.717) is 0 Å². The van der Waals surface area contributed by atoms with E-state index in [9.17, 15) is 4.57 Å². The van der Waals surface area contributed by atoms with Gasteiger partial charge in [0.2, 0.25) is 0 Å². The molecule has 0 saturated carbocycles. The summed E-state index contributed by atoms with van der Waals surface area (Å²) in [5, 5.41) is 0. The molecule has 2 N–H and O–H groups in total. The minimum absolute atomic E-state index is 0.0255. The normalized spacial score (nSPS) is 11.4. The van der Waals surface area contributed by atoms with E-state index in [1.807, 2.05) is 0 Å². The fourth-order valence-electron chi connectivity index (χ4n) is 0. The van der Waals surface area contributed by atoms with E-state index in [0.717, 1.165) is 0 Å². The summed E-state index contributed by atoms with van der Waals surface area (Å²) in [4.78, 5) is 15.4. The van der Waals surface area contributed by atoms with Crippen molar-refractivity contribution in [2.45, 2.75) is 0 Å². The average molecular weight is 225 g/mol. The van der Waals surface area contributed by atoms with Crippen molar-refractivity contribution < 1.29 is 52.4 Å². The Labute approximate surface area is 54.3 Å². The van der Waals surface area contributed by atoms with E-state index < -0.39 is 2.49 Å². The number of rotatable bonds is 0. The first kappa shape index (κ1) is 6.50. The Morgan fingerprint density at radius 1 is 1.60 bits per heavy atom. The van der Waals surface area contributed by atoms with Crippen LogP contribution in [0, 0.1) is 38.0 Å². The first-order valence-electron chi connectivity index (χ1n) is 0.806. The van der Waals surface area contributed by atoms with Gasteiger partial charge in [-0.3, -0.25) is 0 Å². The number of hydrogen-bond donors (Lipinski definition) is 2. The molecule has 0 aromatic rings. The predicted molar refractivity (Wildman–Crippen MR) is 12.0 cm³/mol. The van der Waals surface area contributed by atoms with Crippen LogP contribution in [0.5, 0.6) is 0 Å². The monoisotopic (exact) mass is 223 g/mol. The summed E-state index contributed by atoms with van der Waals surface area (Å²) in [6.07, 6.45) is 0. The molecule has 0 aromatic heterocycles. The van der Waals surface area contributed by atoms with Gasteiger partial charge in [0.05, 0.1) is 0 Å². The van der Waals surface area contributed by atoms with Crippen molar-refractivity contribution in [1.82, 2.24) is 0 Å². The Morgan fingerprint density at radius 3 is 1.60 bits per heavy atom. The third-order valence-corrected chi connectivity index (χ3v) is 0. The van der Waals surface area contributed by atoms with Gasteiger partial charge in [-0.2, -0.15) is 0 Å². The van der Waals surface area contributed by atoms with E-state index in [2.05, 4.69) is 0 Å². The molecule has 0 aliphatic carbocycles. The van der Waals surface area contributed by atoms with Crippen molar-refractivity contribution in [2.24, 2.45) is 0 Å². The summed E-state index contributed by atoms with van der Waals surface area (Å²) in [7, 11) is 0. The SMILES string of the molecule is O=[P](O)(O)[Nd]. The molecule has 0 spiro atoms. The van der Waals surface area contributed by atoms with Gasteiger partial charge >= 0.3 is 54.8 Å². The first-order valence-corrected chi connectivity index (χ1v) is 6.72. The van der Waals surface area contributed by atoms with Crippen LogP contribution >= 0.6 is 2.49 Å². The topological polar surface area (TPSA) is 57.5 Å². The molecule has 29 valence electrons. The van der Waals surface area contributed by atoms with Crippen LogP contribution in [-0.4, -0.2) is 9.79 Å². The second-order valence-electron chi connectivity index (χ2n) is 0.544. The molecule has 5 heavy (non-hydrogen) atoms. The van der Waals surface area contributed by atoms with Gasteiger partial charge in [-0.15, -0.1) is 0 Å². The summed E-state index contributed by atoms with van der Waals surface area (Å²) < 4.78 is 5.89. The van der Waals surface area contributed by atoms with Crippen molar-refractivity contribution >= 4 is 2.49 Å². The van der Waals surface area contributed by atoms with Gasteiger partial charge in [0.1, 0.15) is 0 Å². The van der Waals surface area contributed by atoms with Crippen molar-refractivity contribution in [3.63, 3.8) is 0 Å². The maximum atomic E-state index is 9.39. The summed E-state index contributed by atoms with van der Waals surface area (Å²) in [6, 6.07) is 0. The maximum absolute atomic E-state index is 9.39. The van der Waals surface area contributed by atoms with Crippen LogP contribution in [0.15, 0.2) is 0 Å². The minimum atomic E-state index is -3.50. The molecule has 0 unspecified atom stereocenters. The summed E-state index contributed by atoms with van der Waals surface area (Å²) in [5.74, 6) is 0. The molecule has 0 aliphatic rings. The fraction of sp³-hybridized carbons (Fsp3) is 0. The molecule has 0 rings (SSSR count). The molecular formula is H2NdO3P. The van der Waals surface area contributed by atoms with E-state index in [1.165, 1.54) is 0 Å². The van der Waals surface area contributed by atoms with Gasteiger partial charge in [0, 0.05) is 0 Å². The Bertz CT molecular complexity index is 53.0. The molecule has 0 saturated heterocycles. The predicted octanol–water partition coefficient (Wildman–Crippen LogP) is -0.372.